The van der Waals surface area contributed by atoms with E-state index in [2.05, 4.69) is 0 Å². The van der Waals surface area contributed by atoms with Crippen molar-refractivity contribution in [2.45, 2.75) is 12.5 Å². The van der Waals surface area contributed by atoms with Gasteiger partial charge in [-0.25, -0.2) is 4.90 Å². The van der Waals surface area contributed by atoms with Crippen LogP contribution in [0, 0.1) is 0 Å². The minimum Gasteiger partial charge on any atom is -0.497 e. The van der Waals surface area contributed by atoms with Crippen molar-refractivity contribution in [2.24, 2.45) is 5.73 Å². The van der Waals surface area contributed by atoms with Gasteiger partial charge in [-0.15, -0.1) is 0 Å². The van der Waals surface area contributed by atoms with Crippen LogP contribution in [0.5, 0.6) is 11.5 Å². The predicted octanol–water partition coefficient (Wildman–Crippen LogP) is 0.294. The number of carbonyl (C=O) groups excluding carboxylic acids is 2. The van der Waals surface area contributed by atoms with E-state index in [-0.39, 0.29) is 12.3 Å². The summed E-state index contributed by atoms with van der Waals surface area (Å²) in [6.45, 7) is 0. The van der Waals surface area contributed by atoms with Gasteiger partial charge in [0, 0.05) is 6.07 Å². The molecule has 1 aromatic rings. The lowest BCUT2D eigenvalue weighted by molar-refractivity contribution is -0.121. The monoisotopic (exact) mass is 250 g/mol. The third kappa shape index (κ3) is 1.91. The van der Waals surface area contributed by atoms with Gasteiger partial charge < -0.3 is 15.2 Å². The molecule has 0 radical (unpaired) electrons. The molecule has 1 aliphatic heterocycles. The molecule has 1 aromatic carbocycles. The average molecular weight is 250 g/mol. The van der Waals surface area contributed by atoms with Crippen molar-refractivity contribution in [1.82, 2.24) is 0 Å². The first-order valence-electron chi connectivity index (χ1n) is 5.43. The Hall–Kier alpha value is -2.08. The summed E-state index contributed by atoms with van der Waals surface area (Å²) < 4.78 is 10.2. The number of benzene rings is 1. The molecular formula is C12H14N2O4. The Morgan fingerprint density at radius 2 is 2.00 bits per heavy atom. The second kappa shape index (κ2) is 4.66. The van der Waals surface area contributed by atoms with E-state index in [1.807, 2.05) is 0 Å². The highest BCUT2D eigenvalue weighted by molar-refractivity contribution is 6.23. The molecule has 96 valence electrons. The number of amides is 2. The molecule has 0 saturated carbocycles. The maximum Gasteiger partial charge on any atom is 0.251 e. The predicted molar refractivity (Wildman–Crippen MR) is 64.6 cm³/mol. The van der Waals surface area contributed by atoms with Gasteiger partial charge in [-0.05, 0) is 12.1 Å². The number of ether oxygens (including phenoxy) is 2. The van der Waals surface area contributed by atoms with Gasteiger partial charge in [0.2, 0.25) is 5.91 Å². The van der Waals surface area contributed by atoms with E-state index in [1.165, 1.54) is 14.2 Å². The smallest absolute Gasteiger partial charge is 0.251 e. The minimum atomic E-state index is -0.774. The Bertz CT molecular complexity index is 501. The molecule has 0 aromatic heterocycles. The van der Waals surface area contributed by atoms with Crippen LogP contribution in [0.2, 0.25) is 0 Å². The first-order valence-corrected chi connectivity index (χ1v) is 5.43. The molecule has 1 heterocycles. The third-order valence-electron chi connectivity index (χ3n) is 2.81. The van der Waals surface area contributed by atoms with Gasteiger partial charge in [0.25, 0.3) is 5.91 Å². The quantitative estimate of drug-likeness (QED) is 0.780. The van der Waals surface area contributed by atoms with Crippen molar-refractivity contribution in [3.05, 3.63) is 18.2 Å². The Morgan fingerprint density at radius 3 is 2.50 bits per heavy atom. The van der Waals surface area contributed by atoms with Crippen LogP contribution in [-0.2, 0) is 9.59 Å². The first-order chi connectivity index (χ1) is 8.58. The highest BCUT2D eigenvalue weighted by Crippen LogP contribution is 2.34. The molecule has 1 fully saturated rings. The van der Waals surface area contributed by atoms with Crippen molar-refractivity contribution >= 4 is 17.5 Å². The number of carbonyl (C=O) groups is 2. The van der Waals surface area contributed by atoms with Crippen LogP contribution < -0.4 is 20.1 Å². The maximum absolute atomic E-state index is 11.8. The second-order valence-electron chi connectivity index (χ2n) is 3.92. The normalized spacial score (nSPS) is 19.3. The summed E-state index contributed by atoms with van der Waals surface area (Å²) in [5.74, 6) is 0.239. The number of nitrogens with zero attached hydrogens (tertiary/aromatic N) is 1. The second-order valence-corrected chi connectivity index (χ2v) is 3.92. The Morgan fingerprint density at radius 1 is 1.28 bits per heavy atom. The van der Waals surface area contributed by atoms with Gasteiger partial charge in [-0.1, -0.05) is 0 Å². The van der Waals surface area contributed by atoms with Crippen molar-refractivity contribution in [3.8, 4) is 11.5 Å². The summed E-state index contributed by atoms with van der Waals surface area (Å²) in [7, 11) is 2.99. The number of hydrogen-bond acceptors (Lipinski definition) is 5. The summed E-state index contributed by atoms with van der Waals surface area (Å²) in [5, 5.41) is 0. The van der Waals surface area contributed by atoms with Crippen LogP contribution in [-0.4, -0.2) is 32.1 Å². The Labute approximate surface area is 104 Å². The van der Waals surface area contributed by atoms with Crippen molar-refractivity contribution < 1.29 is 19.1 Å². The number of hydrogen-bond donors (Lipinski definition) is 1. The van der Waals surface area contributed by atoms with Crippen LogP contribution in [0.1, 0.15) is 6.42 Å². The first kappa shape index (κ1) is 12.4. The molecule has 0 bridgehead atoms. The Balaban J connectivity index is 2.44. The third-order valence-corrected chi connectivity index (χ3v) is 2.81. The van der Waals surface area contributed by atoms with E-state index in [1.54, 1.807) is 18.2 Å². The van der Waals surface area contributed by atoms with Crippen LogP contribution in [0.4, 0.5) is 5.69 Å². The SMILES string of the molecule is COc1ccc(N2C(=O)CC(N)C2=O)c(OC)c1. The van der Waals surface area contributed by atoms with E-state index in [4.69, 9.17) is 15.2 Å². The molecule has 2 rings (SSSR count). The van der Waals surface area contributed by atoms with Gasteiger partial charge in [0.15, 0.2) is 0 Å². The van der Waals surface area contributed by atoms with Gasteiger partial charge in [0.1, 0.15) is 11.5 Å². The fourth-order valence-electron chi connectivity index (χ4n) is 1.88. The zero-order chi connectivity index (χ0) is 13.3. The van der Waals surface area contributed by atoms with Crippen LogP contribution in [0.3, 0.4) is 0 Å². The molecule has 1 saturated heterocycles. The van der Waals surface area contributed by atoms with Crippen molar-refractivity contribution in [3.63, 3.8) is 0 Å². The molecule has 1 atom stereocenters. The number of nitrogens with two attached hydrogens (primary N) is 1. The summed E-state index contributed by atoms with van der Waals surface area (Å²) in [5.41, 5.74) is 5.96. The Kier molecular flexibility index (Phi) is 3.20. The molecule has 1 unspecified atom stereocenters. The lowest BCUT2D eigenvalue weighted by Crippen LogP contribution is -2.35. The molecule has 6 nitrogen and oxygen atoms in total. The van der Waals surface area contributed by atoms with E-state index < -0.39 is 11.9 Å². The van der Waals surface area contributed by atoms with E-state index in [0.717, 1.165) is 4.90 Å². The maximum atomic E-state index is 11.8. The highest BCUT2D eigenvalue weighted by Gasteiger charge is 2.38. The zero-order valence-electron chi connectivity index (χ0n) is 10.2. The van der Waals surface area contributed by atoms with Crippen molar-refractivity contribution in [2.75, 3.05) is 19.1 Å². The van der Waals surface area contributed by atoms with Crippen molar-refractivity contribution in [1.29, 1.82) is 0 Å². The molecular weight excluding hydrogens is 236 g/mol. The number of methoxy groups -OCH3 is 2. The minimum absolute atomic E-state index is 0.0218. The van der Waals surface area contributed by atoms with Crippen LogP contribution >= 0.6 is 0 Å². The molecule has 2 amide bonds. The average Bonchev–Trinajstić information content (AvgIpc) is 2.62. The molecule has 0 spiro atoms. The molecule has 18 heavy (non-hydrogen) atoms. The van der Waals surface area contributed by atoms with Crippen LogP contribution in [0.25, 0.3) is 0 Å². The lowest BCUT2D eigenvalue weighted by Gasteiger charge is -2.18. The summed E-state index contributed by atoms with van der Waals surface area (Å²) in [4.78, 5) is 24.6. The number of rotatable bonds is 3. The zero-order valence-corrected chi connectivity index (χ0v) is 10.2. The van der Waals surface area contributed by atoms with E-state index in [9.17, 15) is 9.59 Å². The van der Waals surface area contributed by atoms with E-state index >= 15 is 0 Å². The van der Waals surface area contributed by atoms with Crippen LogP contribution in [0.15, 0.2) is 18.2 Å². The molecule has 0 aliphatic carbocycles. The standard InChI is InChI=1S/C12H14N2O4/c1-17-7-3-4-9(10(5-7)18-2)14-11(15)6-8(13)12(14)16/h3-5,8H,6,13H2,1-2H3. The summed E-state index contributed by atoms with van der Waals surface area (Å²) in [6.07, 6.45) is 0.0218. The molecule has 6 heteroatoms. The van der Waals surface area contributed by atoms with Gasteiger partial charge in [0.05, 0.1) is 32.4 Å². The number of imide groups is 1. The fraction of sp³-hybridized carbons (Fsp3) is 0.333. The van der Waals surface area contributed by atoms with Gasteiger partial charge in [-0.2, -0.15) is 0 Å². The van der Waals surface area contributed by atoms with E-state index in [0.29, 0.717) is 17.2 Å². The largest absolute Gasteiger partial charge is 0.497 e. The summed E-state index contributed by atoms with van der Waals surface area (Å²) >= 11 is 0. The van der Waals surface area contributed by atoms with Gasteiger partial charge in [-0.3, -0.25) is 9.59 Å². The number of anilines is 1. The molecule has 2 N–H and O–H groups in total. The lowest BCUT2D eigenvalue weighted by atomic mass is 10.2. The van der Waals surface area contributed by atoms with Gasteiger partial charge >= 0.3 is 0 Å². The summed E-state index contributed by atoms with van der Waals surface area (Å²) in [6, 6.07) is 4.09. The topological polar surface area (TPSA) is 81.9 Å². The highest BCUT2D eigenvalue weighted by atomic mass is 16.5. The molecule has 1 aliphatic rings. The fourth-order valence-corrected chi connectivity index (χ4v) is 1.88.